The zero-order valence-corrected chi connectivity index (χ0v) is 14.0. The van der Waals surface area contributed by atoms with Crippen molar-refractivity contribution in [1.29, 1.82) is 0 Å². The summed E-state index contributed by atoms with van der Waals surface area (Å²) in [6, 6.07) is 17.1. The van der Waals surface area contributed by atoms with Crippen molar-refractivity contribution in [3.05, 3.63) is 65.7 Å². The molecule has 3 rings (SSSR count). The zero-order chi connectivity index (χ0) is 16.9. The Hall–Kier alpha value is -2.17. The summed E-state index contributed by atoms with van der Waals surface area (Å²) < 4.78 is 0. The molecule has 126 valence electrons. The van der Waals surface area contributed by atoms with Crippen molar-refractivity contribution in [2.24, 2.45) is 5.92 Å². The fourth-order valence-corrected chi connectivity index (χ4v) is 2.86. The van der Waals surface area contributed by atoms with E-state index in [9.17, 15) is 9.90 Å². The molecule has 0 heterocycles. The minimum Gasteiger partial charge on any atom is -0.392 e. The van der Waals surface area contributed by atoms with E-state index >= 15 is 0 Å². The SMILES string of the molecule is CN(Cc1cccc(C(=O)Nc2ccccc2)c1)CC(O)C1CC1. The molecule has 4 nitrogen and oxygen atoms in total. The molecule has 2 aromatic rings. The highest BCUT2D eigenvalue weighted by Gasteiger charge is 2.30. The Bertz CT molecular complexity index is 683. The number of hydrogen-bond donors (Lipinski definition) is 2. The van der Waals surface area contributed by atoms with Crippen LogP contribution < -0.4 is 5.32 Å². The first-order chi connectivity index (χ1) is 11.6. The second-order valence-electron chi connectivity index (χ2n) is 6.62. The van der Waals surface area contributed by atoms with Crippen LogP contribution in [-0.4, -0.2) is 35.6 Å². The summed E-state index contributed by atoms with van der Waals surface area (Å²) in [5.74, 6) is 0.374. The summed E-state index contributed by atoms with van der Waals surface area (Å²) in [6.45, 7) is 1.39. The van der Waals surface area contributed by atoms with Gasteiger partial charge in [0, 0.05) is 24.3 Å². The molecular formula is C20H24N2O2. The first-order valence-electron chi connectivity index (χ1n) is 8.44. The van der Waals surface area contributed by atoms with Gasteiger partial charge in [-0.1, -0.05) is 30.3 Å². The maximum absolute atomic E-state index is 12.4. The van der Waals surface area contributed by atoms with Gasteiger partial charge in [0.15, 0.2) is 0 Å². The smallest absolute Gasteiger partial charge is 0.255 e. The summed E-state index contributed by atoms with van der Waals surface area (Å²) >= 11 is 0. The van der Waals surface area contributed by atoms with Gasteiger partial charge < -0.3 is 10.4 Å². The van der Waals surface area contributed by atoms with E-state index in [1.807, 2.05) is 61.6 Å². The number of para-hydroxylation sites is 1. The molecule has 2 N–H and O–H groups in total. The summed E-state index contributed by atoms with van der Waals surface area (Å²) in [5, 5.41) is 12.9. The maximum atomic E-state index is 12.4. The maximum Gasteiger partial charge on any atom is 0.255 e. The lowest BCUT2D eigenvalue weighted by atomic mass is 10.1. The highest BCUT2D eigenvalue weighted by Crippen LogP contribution is 2.32. The lowest BCUT2D eigenvalue weighted by Crippen LogP contribution is -2.30. The van der Waals surface area contributed by atoms with Crippen LogP contribution in [-0.2, 0) is 6.54 Å². The van der Waals surface area contributed by atoms with Crippen molar-refractivity contribution in [3.63, 3.8) is 0 Å². The van der Waals surface area contributed by atoms with Crippen LogP contribution in [0.4, 0.5) is 5.69 Å². The van der Waals surface area contributed by atoms with Gasteiger partial charge in [-0.15, -0.1) is 0 Å². The molecule has 0 radical (unpaired) electrons. The van der Waals surface area contributed by atoms with Crippen molar-refractivity contribution >= 4 is 11.6 Å². The van der Waals surface area contributed by atoms with Gasteiger partial charge in [-0.3, -0.25) is 9.69 Å². The normalized spacial score (nSPS) is 15.3. The second-order valence-corrected chi connectivity index (χ2v) is 6.62. The molecule has 1 atom stereocenters. The van der Waals surface area contributed by atoms with E-state index in [1.54, 1.807) is 0 Å². The number of likely N-dealkylation sites (N-methyl/N-ethyl adjacent to an activating group) is 1. The number of amides is 1. The van der Waals surface area contributed by atoms with E-state index in [4.69, 9.17) is 0 Å². The van der Waals surface area contributed by atoms with Gasteiger partial charge in [0.05, 0.1) is 6.10 Å². The second kappa shape index (κ2) is 7.60. The van der Waals surface area contributed by atoms with Crippen LogP contribution >= 0.6 is 0 Å². The number of carbonyl (C=O) groups is 1. The highest BCUT2D eigenvalue weighted by atomic mass is 16.3. The van der Waals surface area contributed by atoms with Crippen LogP contribution in [0.15, 0.2) is 54.6 Å². The van der Waals surface area contributed by atoms with Gasteiger partial charge in [0.25, 0.3) is 5.91 Å². The third-order valence-electron chi connectivity index (χ3n) is 4.34. The van der Waals surface area contributed by atoms with Gasteiger partial charge in [0.1, 0.15) is 0 Å². The number of aliphatic hydroxyl groups is 1. The highest BCUT2D eigenvalue weighted by molar-refractivity contribution is 6.04. The van der Waals surface area contributed by atoms with Crippen molar-refractivity contribution in [3.8, 4) is 0 Å². The van der Waals surface area contributed by atoms with E-state index in [0.717, 1.165) is 30.6 Å². The van der Waals surface area contributed by atoms with Crippen LogP contribution in [0.5, 0.6) is 0 Å². The van der Waals surface area contributed by atoms with E-state index in [-0.39, 0.29) is 12.0 Å². The Labute approximate surface area is 143 Å². The zero-order valence-electron chi connectivity index (χ0n) is 14.0. The quantitative estimate of drug-likeness (QED) is 0.823. The number of rotatable bonds is 7. The van der Waals surface area contributed by atoms with E-state index in [2.05, 4.69) is 10.2 Å². The van der Waals surface area contributed by atoms with Gasteiger partial charge in [0.2, 0.25) is 0 Å². The molecule has 24 heavy (non-hydrogen) atoms. The van der Waals surface area contributed by atoms with Crippen molar-refractivity contribution < 1.29 is 9.90 Å². The van der Waals surface area contributed by atoms with Crippen LogP contribution in [0.1, 0.15) is 28.8 Å². The monoisotopic (exact) mass is 324 g/mol. The number of aliphatic hydroxyl groups excluding tert-OH is 1. The topological polar surface area (TPSA) is 52.6 Å². The van der Waals surface area contributed by atoms with Gasteiger partial charge in [-0.2, -0.15) is 0 Å². The summed E-state index contributed by atoms with van der Waals surface area (Å²) in [7, 11) is 2.00. The Balaban J connectivity index is 1.59. The molecule has 1 aliphatic rings. The molecule has 1 unspecified atom stereocenters. The number of nitrogens with zero attached hydrogens (tertiary/aromatic N) is 1. The van der Waals surface area contributed by atoms with Gasteiger partial charge in [-0.05, 0) is 55.6 Å². The van der Waals surface area contributed by atoms with Crippen molar-refractivity contribution in [1.82, 2.24) is 4.90 Å². The average Bonchev–Trinajstić information content (AvgIpc) is 3.41. The largest absolute Gasteiger partial charge is 0.392 e. The van der Waals surface area contributed by atoms with Crippen LogP contribution in [0.2, 0.25) is 0 Å². The summed E-state index contributed by atoms with van der Waals surface area (Å²) in [5.41, 5.74) is 2.51. The molecular weight excluding hydrogens is 300 g/mol. The molecule has 4 heteroatoms. The van der Waals surface area contributed by atoms with Crippen LogP contribution in [0.25, 0.3) is 0 Å². The molecule has 0 spiro atoms. The standard InChI is InChI=1S/C20H24N2O2/c1-22(14-19(23)16-10-11-16)13-15-6-5-7-17(12-15)20(24)21-18-8-3-2-4-9-18/h2-9,12,16,19,23H,10-11,13-14H2,1H3,(H,21,24). The predicted octanol–water partition coefficient (Wildman–Crippen LogP) is 3.14. The van der Waals surface area contributed by atoms with Gasteiger partial charge >= 0.3 is 0 Å². The number of benzene rings is 2. The number of anilines is 1. The summed E-state index contributed by atoms with van der Waals surface area (Å²) in [6.07, 6.45) is 2.05. The first-order valence-corrected chi connectivity index (χ1v) is 8.44. The molecule has 0 aromatic heterocycles. The Morgan fingerprint density at radius 3 is 2.67 bits per heavy atom. The molecule has 0 saturated heterocycles. The third-order valence-corrected chi connectivity index (χ3v) is 4.34. The average molecular weight is 324 g/mol. The third kappa shape index (κ3) is 4.66. The summed E-state index contributed by atoms with van der Waals surface area (Å²) in [4.78, 5) is 14.5. The minimum absolute atomic E-state index is 0.108. The fraction of sp³-hybridized carbons (Fsp3) is 0.350. The van der Waals surface area contributed by atoms with E-state index in [0.29, 0.717) is 18.0 Å². The Morgan fingerprint density at radius 1 is 1.21 bits per heavy atom. The number of nitrogens with one attached hydrogen (secondary N) is 1. The van der Waals surface area contributed by atoms with Gasteiger partial charge in [-0.25, -0.2) is 0 Å². The lowest BCUT2D eigenvalue weighted by Gasteiger charge is -2.20. The van der Waals surface area contributed by atoms with Crippen molar-refractivity contribution in [2.75, 3.05) is 18.9 Å². The molecule has 0 aliphatic heterocycles. The molecule has 2 aromatic carbocycles. The molecule has 1 aliphatic carbocycles. The van der Waals surface area contributed by atoms with E-state index in [1.165, 1.54) is 0 Å². The first kappa shape index (κ1) is 16.7. The Kier molecular flexibility index (Phi) is 5.28. The van der Waals surface area contributed by atoms with Crippen molar-refractivity contribution in [2.45, 2.75) is 25.5 Å². The number of carbonyl (C=O) groups excluding carboxylic acids is 1. The number of hydrogen-bond acceptors (Lipinski definition) is 3. The molecule has 1 fully saturated rings. The van der Waals surface area contributed by atoms with E-state index < -0.39 is 0 Å². The lowest BCUT2D eigenvalue weighted by molar-refractivity contribution is 0.102. The van der Waals surface area contributed by atoms with Crippen LogP contribution in [0.3, 0.4) is 0 Å². The van der Waals surface area contributed by atoms with Crippen LogP contribution in [0, 0.1) is 5.92 Å². The Morgan fingerprint density at radius 2 is 1.96 bits per heavy atom. The molecule has 1 saturated carbocycles. The fourth-order valence-electron chi connectivity index (χ4n) is 2.86. The molecule has 0 bridgehead atoms. The molecule has 1 amide bonds. The predicted molar refractivity (Wildman–Crippen MR) is 95.9 cm³/mol. The minimum atomic E-state index is -0.237.